The van der Waals surface area contributed by atoms with Crippen molar-refractivity contribution in [3.05, 3.63) is 53.2 Å². The second-order valence-corrected chi connectivity index (χ2v) is 9.88. The number of methoxy groups -OCH3 is 1. The van der Waals surface area contributed by atoms with Crippen LogP contribution in [-0.4, -0.2) is 38.6 Å². The minimum atomic E-state index is -0.505. The highest BCUT2D eigenvalue weighted by atomic mass is 32.2. The van der Waals surface area contributed by atoms with Crippen LogP contribution in [0.25, 0.3) is 11.0 Å². The first-order valence-electron chi connectivity index (χ1n) is 10.1. The highest BCUT2D eigenvalue weighted by Gasteiger charge is 2.70. The lowest BCUT2D eigenvalue weighted by Crippen LogP contribution is -2.47. The molecule has 160 valence electrons. The molecule has 1 aliphatic heterocycles. The van der Waals surface area contributed by atoms with Crippen LogP contribution in [0.5, 0.6) is 0 Å². The summed E-state index contributed by atoms with van der Waals surface area (Å²) in [6, 6.07) is 7.08. The first-order chi connectivity index (χ1) is 15.5. The third-order valence-corrected chi connectivity index (χ3v) is 7.86. The van der Waals surface area contributed by atoms with E-state index in [0.717, 1.165) is 12.0 Å². The molecule has 0 radical (unpaired) electrons. The molecule has 10 heteroatoms. The molecule has 2 aromatic heterocycles. The third-order valence-electron chi connectivity index (χ3n) is 6.58. The van der Waals surface area contributed by atoms with Crippen molar-refractivity contribution in [3.63, 3.8) is 0 Å². The molecular formula is C22H18FN7OS. The number of hydrogen-bond acceptors (Lipinski definition) is 9. The van der Waals surface area contributed by atoms with Gasteiger partial charge in [0.1, 0.15) is 23.7 Å². The molecule has 3 atom stereocenters. The lowest BCUT2D eigenvalue weighted by Gasteiger charge is -2.45. The first-order valence-corrected chi connectivity index (χ1v) is 10.9. The molecule has 8 nitrogen and oxygen atoms in total. The van der Waals surface area contributed by atoms with Crippen LogP contribution in [0, 0.1) is 23.1 Å². The van der Waals surface area contributed by atoms with E-state index < -0.39 is 5.54 Å². The molecule has 6 rings (SSSR count). The van der Waals surface area contributed by atoms with Crippen molar-refractivity contribution in [1.29, 1.82) is 5.26 Å². The van der Waals surface area contributed by atoms with Gasteiger partial charge >= 0.3 is 0 Å². The van der Waals surface area contributed by atoms with Crippen LogP contribution < -0.4 is 11.1 Å². The van der Waals surface area contributed by atoms with Crippen LogP contribution >= 0.6 is 11.8 Å². The summed E-state index contributed by atoms with van der Waals surface area (Å²) in [7, 11) is 1.69. The van der Waals surface area contributed by atoms with Gasteiger partial charge in [-0.3, -0.25) is 4.99 Å². The van der Waals surface area contributed by atoms with E-state index in [9.17, 15) is 4.39 Å². The lowest BCUT2D eigenvalue weighted by atomic mass is 9.67. The number of halogens is 1. The van der Waals surface area contributed by atoms with Crippen LogP contribution in [0.2, 0.25) is 0 Å². The van der Waals surface area contributed by atoms with Gasteiger partial charge in [-0.1, -0.05) is 11.8 Å². The molecule has 32 heavy (non-hydrogen) atoms. The maximum atomic E-state index is 15.0. The number of rotatable bonds is 4. The summed E-state index contributed by atoms with van der Waals surface area (Å²) in [4.78, 5) is 17.6. The zero-order valence-electron chi connectivity index (χ0n) is 17.1. The number of nitrogens with zero attached hydrogens (tertiary/aromatic N) is 5. The van der Waals surface area contributed by atoms with Gasteiger partial charge in [-0.05, 0) is 35.7 Å². The minimum absolute atomic E-state index is 0.0800. The molecule has 1 aromatic carbocycles. The van der Waals surface area contributed by atoms with Crippen molar-refractivity contribution in [2.75, 3.05) is 19.0 Å². The standard InChI is InChI=1S/C22H18FN7OS/c1-31-9-21-6-17(21)22(30-20(25)32-21)5-13-14(22)3-12(4-15(13)23)29-19-18-16(27-10-28-19)2-11(7-24)8-26-18/h2-4,8,10,17H,5-6,9H2,1H3,(H2,25,30)(H,27,28,29)/t17-,21-,22-/m1/s1. The summed E-state index contributed by atoms with van der Waals surface area (Å²) in [5.74, 6) is 0.425. The topological polar surface area (TPSA) is 122 Å². The van der Waals surface area contributed by atoms with Gasteiger partial charge in [-0.2, -0.15) is 5.26 Å². The van der Waals surface area contributed by atoms with E-state index >= 15 is 0 Å². The molecule has 3 aromatic rings. The van der Waals surface area contributed by atoms with E-state index in [1.54, 1.807) is 24.9 Å². The van der Waals surface area contributed by atoms with Gasteiger partial charge < -0.3 is 15.8 Å². The van der Waals surface area contributed by atoms with Gasteiger partial charge in [0, 0.05) is 31.3 Å². The Labute approximate surface area is 187 Å². The summed E-state index contributed by atoms with van der Waals surface area (Å²) >= 11 is 1.57. The minimum Gasteiger partial charge on any atom is -0.383 e. The molecule has 3 heterocycles. The van der Waals surface area contributed by atoms with Gasteiger partial charge in [0.2, 0.25) is 0 Å². The number of anilines is 2. The Morgan fingerprint density at radius 3 is 3.03 bits per heavy atom. The Morgan fingerprint density at radius 2 is 2.22 bits per heavy atom. The maximum Gasteiger partial charge on any atom is 0.160 e. The molecule has 2 aliphatic carbocycles. The Hall–Kier alpha value is -3.29. The third kappa shape index (κ3) is 2.64. The van der Waals surface area contributed by atoms with E-state index in [4.69, 9.17) is 20.7 Å². The predicted molar refractivity (Wildman–Crippen MR) is 119 cm³/mol. The molecule has 1 saturated carbocycles. The fourth-order valence-electron chi connectivity index (χ4n) is 5.12. The van der Waals surface area contributed by atoms with Crippen molar-refractivity contribution in [2.45, 2.75) is 23.1 Å². The van der Waals surface area contributed by atoms with Crippen LogP contribution in [0.1, 0.15) is 23.1 Å². The monoisotopic (exact) mass is 447 g/mol. The molecule has 3 aliphatic rings. The van der Waals surface area contributed by atoms with Crippen molar-refractivity contribution in [3.8, 4) is 6.07 Å². The lowest BCUT2D eigenvalue weighted by molar-refractivity contribution is 0.179. The van der Waals surface area contributed by atoms with Crippen molar-refractivity contribution < 1.29 is 9.13 Å². The van der Waals surface area contributed by atoms with Gasteiger partial charge in [-0.15, -0.1) is 0 Å². The van der Waals surface area contributed by atoms with E-state index in [-0.39, 0.29) is 16.5 Å². The van der Waals surface area contributed by atoms with Crippen LogP contribution in [0.3, 0.4) is 0 Å². The predicted octanol–water partition coefficient (Wildman–Crippen LogP) is 3.00. The number of ether oxygens (including phenoxy) is 1. The van der Waals surface area contributed by atoms with Gasteiger partial charge in [-0.25, -0.2) is 19.3 Å². The SMILES string of the molecule is COC[C@]12C[C@H]1[C@]1(Cc3c(F)cc(Nc4ncnc5cc(C#N)cnc45)cc31)N=C(N)S2. The van der Waals surface area contributed by atoms with E-state index in [0.29, 0.717) is 51.9 Å². The molecular weight excluding hydrogens is 429 g/mol. The van der Waals surface area contributed by atoms with Gasteiger partial charge in [0.15, 0.2) is 11.0 Å². The van der Waals surface area contributed by atoms with E-state index in [1.165, 1.54) is 18.6 Å². The van der Waals surface area contributed by atoms with Crippen LogP contribution in [-0.2, 0) is 16.7 Å². The van der Waals surface area contributed by atoms with Crippen LogP contribution in [0.4, 0.5) is 15.9 Å². The normalized spacial score (nSPS) is 27.2. The molecule has 3 N–H and O–H groups in total. The average Bonchev–Trinajstić information content (AvgIpc) is 3.48. The van der Waals surface area contributed by atoms with Crippen molar-refractivity contribution >= 4 is 39.5 Å². The highest BCUT2D eigenvalue weighted by Crippen LogP contribution is 2.69. The Kier molecular flexibility index (Phi) is 4.00. The first kappa shape index (κ1) is 19.4. The quantitative estimate of drug-likeness (QED) is 0.626. The second kappa shape index (κ2) is 6.60. The molecule has 0 bridgehead atoms. The summed E-state index contributed by atoms with van der Waals surface area (Å²) in [6.45, 7) is 0.597. The summed E-state index contributed by atoms with van der Waals surface area (Å²) in [5.41, 5.74) is 9.23. The van der Waals surface area contributed by atoms with E-state index in [1.807, 2.05) is 12.1 Å². The van der Waals surface area contributed by atoms with Gasteiger partial charge in [0.25, 0.3) is 0 Å². The number of fused-ring (bicyclic) bond motifs is 5. The zero-order valence-corrected chi connectivity index (χ0v) is 17.9. The fraction of sp³-hybridized carbons (Fsp3) is 0.318. The average molecular weight is 447 g/mol. The van der Waals surface area contributed by atoms with E-state index in [2.05, 4.69) is 20.3 Å². The summed E-state index contributed by atoms with van der Waals surface area (Å²) < 4.78 is 20.4. The smallest absolute Gasteiger partial charge is 0.160 e. The Balaban J connectivity index is 1.39. The Bertz CT molecular complexity index is 1370. The zero-order chi connectivity index (χ0) is 22.1. The number of nitriles is 1. The van der Waals surface area contributed by atoms with Crippen molar-refractivity contribution in [1.82, 2.24) is 15.0 Å². The maximum absolute atomic E-state index is 15.0. The molecule has 0 unspecified atom stereocenters. The summed E-state index contributed by atoms with van der Waals surface area (Å²) in [5, 5.41) is 12.8. The number of aliphatic imine (C=N–C) groups is 1. The number of thioether (sulfide) groups is 1. The number of aromatic nitrogens is 3. The van der Waals surface area contributed by atoms with Gasteiger partial charge in [0.05, 0.1) is 28.0 Å². The molecule has 1 spiro atoms. The number of hydrogen-bond donors (Lipinski definition) is 2. The van der Waals surface area contributed by atoms with Crippen LogP contribution in [0.15, 0.2) is 35.7 Å². The number of pyridine rings is 1. The number of nitrogens with one attached hydrogen (secondary N) is 1. The molecule has 0 saturated heterocycles. The molecule has 1 fully saturated rings. The second-order valence-electron chi connectivity index (χ2n) is 8.44. The summed E-state index contributed by atoms with van der Waals surface area (Å²) in [6.07, 6.45) is 4.33. The largest absolute Gasteiger partial charge is 0.383 e. The fourth-order valence-corrected chi connectivity index (χ4v) is 6.51. The molecule has 0 amide bonds. The number of nitrogens with two attached hydrogens (primary N) is 1. The number of amidine groups is 1. The Morgan fingerprint density at radius 1 is 1.34 bits per heavy atom. The number of benzene rings is 1. The van der Waals surface area contributed by atoms with Crippen molar-refractivity contribution in [2.24, 2.45) is 16.6 Å². The highest BCUT2D eigenvalue weighted by molar-refractivity contribution is 8.15.